The molecule has 0 aromatic carbocycles. The van der Waals surface area contributed by atoms with Crippen LogP contribution in [0.15, 0.2) is 0 Å². The molecule has 0 saturated heterocycles. The Morgan fingerprint density at radius 1 is 1.56 bits per heavy atom. The minimum absolute atomic E-state index is 0.0216. The fourth-order valence-electron chi connectivity index (χ4n) is 0.789. The van der Waals surface area contributed by atoms with Crippen LogP contribution in [0.3, 0.4) is 0 Å². The highest BCUT2D eigenvalue weighted by atomic mass is 28.2. The summed E-state index contributed by atoms with van der Waals surface area (Å²) in [6, 6.07) is 0. The van der Waals surface area contributed by atoms with E-state index in [1.54, 1.807) is 0 Å². The van der Waals surface area contributed by atoms with E-state index in [1.165, 1.54) is 0 Å². The van der Waals surface area contributed by atoms with Crippen LogP contribution in [0.4, 0.5) is 0 Å². The lowest BCUT2D eigenvalue weighted by atomic mass is 10.0. The summed E-state index contributed by atoms with van der Waals surface area (Å²) in [5, 5.41) is 0. The third-order valence-corrected chi connectivity index (χ3v) is 1.92. The van der Waals surface area contributed by atoms with Crippen molar-refractivity contribution in [1.82, 2.24) is 0 Å². The molecule has 0 amide bonds. The van der Waals surface area contributed by atoms with Crippen LogP contribution in [0.25, 0.3) is 0 Å². The molecule has 0 atom stereocenters. The van der Waals surface area contributed by atoms with Crippen molar-refractivity contribution < 1.29 is 9.22 Å². The van der Waals surface area contributed by atoms with Gasteiger partial charge >= 0.3 is 0 Å². The summed E-state index contributed by atoms with van der Waals surface area (Å²) in [6.07, 6.45) is 1.80. The van der Waals surface area contributed by atoms with Gasteiger partial charge in [-0.3, -0.25) is 4.79 Å². The molecule has 0 aliphatic heterocycles. The van der Waals surface area contributed by atoms with Crippen molar-refractivity contribution in [1.29, 1.82) is 0 Å². The molecule has 0 bridgehead atoms. The van der Waals surface area contributed by atoms with Crippen molar-refractivity contribution in [3.05, 3.63) is 0 Å². The molecular weight excluding hydrogens is 132 g/mol. The monoisotopic (exact) mass is 146 g/mol. The highest BCUT2D eigenvalue weighted by Gasteiger charge is 2.12. The molecule has 2 nitrogen and oxygen atoms in total. The number of carbonyl (C=O) groups is 1. The van der Waals surface area contributed by atoms with Crippen LogP contribution in [-0.2, 0) is 9.22 Å². The Morgan fingerprint density at radius 2 is 2.00 bits per heavy atom. The van der Waals surface area contributed by atoms with Gasteiger partial charge in [-0.05, 0) is 12.8 Å². The first-order chi connectivity index (χ1) is 4.26. The summed E-state index contributed by atoms with van der Waals surface area (Å²) in [7, 11) is 0.530. The first-order valence-electron chi connectivity index (χ1n) is 3.34. The van der Waals surface area contributed by atoms with Gasteiger partial charge in [0.1, 0.15) is 0 Å². The fourth-order valence-corrected chi connectivity index (χ4v) is 1.12. The highest BCUT2D eigenvalue weighted by molar-refractivity contribution is 6.05. The second kappa shape index (κ2) is 4.55. The van der Waals surface area contributed by atoms with Crippen LogP contribution in [0.2, 0.25) is 0 Å². The van der Waals surface area contributed by atoms with Crippen LogP contribution < -0.4 is 0 Å². The van der Waals surface area contributed by atoms with Crippen molar-refractivity contribution in [2.45, 2.75) is 26.7 Å². The summed E-state index contributed by atoms with van der Waals surface area (Å²) in [5.74, 6) is 0.120. The van der Waals surface area contributed by atoms with E-state index in [1.807, 2.05) is 13.8 Å². The second-order valence-corrected chi connectivity index (χ2v) is 2.44. The molecular formula is C6H14O2Si. The van der Waals surface area contributed by atoms with Crippen LogP contribution in [0.1, 0.15) is 26.7 Å². The Balaban J connectivity index is 3.64. The van der Waals surface area contributed by atoms with E-state index in [9.17, 15) is 4.79 Å². The van der Waals surface area contributed by atoms with E-state index < -0.39 is 0 Å². The van der Waals surface area contributed by atoms with Crippen LogP contribution in [-0.4, -0.2) is 16.5 Å². The average molecular weight is 146 g/mol. The minimum Gasteiger partial charge on any atom is -0.529 e. The van der Waals surface area contributed by atoms with Crippen molar-refractivity contribution in [2.24, 2.45) is 5.92 Å². The molecule has 0 aromatic rings. The number of hydrogen-bond donors (Lipinski definition) is 0. The largest absolute Gasteiger partial charge is 0.529 e. The quantitative estimate of drug-likeness (QED) is 0.533. The molecule has 54 valence electrons. The molecule has 0 aliphatic rings. The Labute approximate surface area is 59.1 Å². The molecule has 0 N–H and O–H groups in total. The predicted molar refractivity (Wildman–Crippen MR) is 40.1 cm³/mol. The molecule has 0 saturated carbocycles. The van der Waals surface area contributed by atoms with Gasteiger partial charge in [0.05, 0.1) is 5.92 Å². The maximum Gasteiger partial charge on any atom is 0.294 e. The third kappa shape index (κ3) is 2.65. The van der Waals surface area contributed by atoms with E-state index in [0.717, 1.165) is 12.8 Å². The minimum atomic E-state index is -0.0216. The smallest absolute Gasteiger partial charge is 0.294 e. The summed E-state index contributed by atoms with van der Waals surface area (Å²) in [4.78, 5) is 10.8. The van der Waals surface area contributed by atoms with Crippen molar-refractivity contribution in [2.75, 3.05) is 0 Å². The van der Waals surface area contributed by atoms with Crippen LogP contribution >= 0.6 is 0 Å². The second-order valence-electron chi connectivity index (χ2n) is 2.04. The topological polar surface area (TPSA) is 26.3 Å². The Hall–Kier alpha value is -0.313. The lowest BCUT2D eigenvalue weighted by Gasteiger charge is -2.08. The normalized spacial score (nSPS) is 10.1. The van der Waals surface area contributed by atoms with Gasteiger partial charge in [0.2, 0.25) is 10.5 Å². The van der Waals surface area contributed by atoms with E-state index in [0.29, 0.717) is 10.5 Å². The van der Waals surface area contributed by atoms with Crippen molar-refractivity contribution in [3.8, 4) is 0 Å². The van der Waals surface area contributed by atoms with Gasteiger partial charge < -0.3 is 4.43 Å². The standard InChI is InChI=1S/C6H14O2Si/c1-3-5(4-2)6(7)8-9/h5H,3-4H2,1-2,9H3. The molecule has 0 fully saturated rings. The lowest BCUT2D eigenvalue weighted by Crippen LogP contribution is -2.14. The number of carbonyl (C=O) groups excluding carboxylic acids is 1. The van der Waals surface area contributed by atoms with E-state index in [4.69, 9.17) is 4.43 Å². The Morgan fingerprint density at radius 3 is 2.11 bits per heavy atom. The highest BCUT2D eigenvalue weighted by Crippen LogP contribution is 2.07. The SMILES string of the molecule is CCC(CC)C(=O)O[SiH3]. The van der Waals surface area contributed by atoms with Gasteiger partial charge in [0, 0.05) is 0 Å². The van der Waals surface area contributed by atoms with E-state index in [2.05, 4.69) is 0 Å². The zero-order chi connectivity index (χ0) is 7.28. The molecule has 0 radical (unpaired) electrons. The van der Waals surface area contributed by atoms with Crippen LogP contribution in [0.5, 0.6) is 0 Å². The molecule has 0 spiro atoms. The third-order valence-electron chi connectivity index (χ3n) is 1.52. The van der Waals surface area contributed by atoms with Gasteiger partial charge in [-0.25, -0.2) is 0 Å². The van der Waals surface area contributed by atoms with Crippen LogP contribution in [0, 0.1) is 5.92 Å². The lowest BCUT2D eigenvalue weighted by molar-refractivity contribution is -0.138. The van der Waals surface area contributed by atoms with E-state index in [-0.39, 0.29) is 11.9 Å². The Bertz CT molecular complexity index is 89.1. The zero-order valence-corrected chi connectivity index (χ0v) is 8.31. The molecule has 0 aromatic heterocycles. The van der Waals surface area contributed by atoms with Gasteiger partial charge in [-0.15, -0.1) is 0 Å². The van der Waals surface area contributed by atoms with Crippen molar-refractivity contribution >= 4 is 16.5 Å². The molecule has 0 heterocycles. The summed E-state index contributed by atoms with van der Waals surface area (Å²) in [6.45, 7) is 4.01. The fraction of sp³-hybridized carbons (Fsp3) is 0.833. The predicted octanol–water partition coefficient (Wildman–Crippen LogP) is 0.246. The Kier molecular flexibility index (Phi) is 4.40. The average Bonchev–Trinajstić information content (AvgIpc) is 1.90. The van der Waals surface area contributed by atoms with Gasteiger partial charge in [0.15, 0.2) is 0 Å². The first kappa shape index (κ1) is 8.69. The maximum absolute atomic E-state index is 10.8. The first-order valence-corrected chi connectivity index (χ1v) is 4.15. The number of hydrogen-bond acceptors (Lipinski definition) is 2. The molecule has 3 heteroatoms. The molecule has 0 rings (SSSR count). The summed E-state index contributed by atoms with van der Waals surface area (Å²) in [5.41, 5.74) is 0. The molecule has 9 heavy (non-hydrogen) atoms. The van der Waals surface area contributed by atoms with Crippen molar-refractivity contribution in [3.63, 3.8) is 0 Å². The van der Waals surface area contributed by atoms with Gasteiger partial charge in [-0.1, -0.05) is 13.8 Å². The molecule has 0 aliphatic carbocycles. The molecule has 0 unspecified atom stereocenters. The number of rotatable bonds is 3. The maximum atomic E-state index is 10.8. The summed E-state index contributed by atoms with van der Waals surface area (Å²) < 4.78 is 4.69. The van der Waals surface area contributed by atoms with Gasteiger partial charge in [-0.2, -0.15) is 0 Å². The van der Waals surface area contributed by atoms with E-state index >= 15 is 0 Å². The van der Waals surface area contributed by atoms with Gasteiger partial charge in [0.25, 0.3) is 5.97 Å². The summed E-state index contributed by atoms with van der Waals surface area (Å²) >= 11 is 0. The zero-order valence-electron chi connectivity index (χ0n) is 6.31.